The highest BCUT2D eigenvalue weighted by Gasteiger charge is 2.38. The fraction of sp³-hybridized carbons (Fsp3) is 0.600. The molecule has 0 unspecified atom stereocenters. The van der Waals surface area contributed by atoms with Crippen LogP contribution < -0.4 is 20.7 Å². The Labute approximate surface area is 250 Å². The molecule has 3 N–H and O–H groups in total. The lowest BCUT2D eigenvalue weighted by Gasteiger charge is -2.42. The Morgan fingerprint density at radius 2 is 1.81 bits per heavy atom. The molecule has 4 rings (SSSR count). The maximum absolute atomic E-state index is 14.0. The first-order valence-corrected chi connectivity index (χ1v) is 14.8. The van der Waals surface area contributed by atoms with Crippen molar-refractivity contribution in [1.82, 2.24) is 25.1 Å². The van der Waals surface area contributed by atoms with Crippen LogP contribution in [0, 0.1) is 0 Å². The molecule has 2 atom stereocenters. The molecule has 1 aromatic carbocycles. The number of methoxy groups -OCH3 is 1. The maximum atomic E-state index is 14.0. The SMILES string of the molecule is COc1cc(C(=O)NC2CCN(C)CC2)ccc1Nc1ncc(C(F)(F)F)c(N[C@@H]2CCCC[C@H]2N(C(C)=O)C(C)C)n1. The van der Waals surface area contributed by atoms with Gasteiger partial charge in [-0.25, -0.2) is 4.98 Å². The monoisotopic (exact) mass is 605 g/mol. The predicted molar refractivity (Wildman–Crippen MR) is 159 cm³/mol. The summed E-state index contributed by atoms with van der Waals surface area (Å²) in [6.07, 6.45) is 0.778. The molecule has 1 saturated heterocycles. The normalized spacial score (nSPS) is 20.0. The summed E-state index contributed by atoms with van der Waals surface area (Å²) in [6, 6.07) is 4.11. The van der Waals surface area contributed by atoms with E-state index in [9.17, 15) is 22.8 Å². The van der Waals surface area contributed by atoms with Gasteiger partial charge in [-0.1, -0.05) is 12.8 Å². The molecule has 43 heavy (non-hydrogen) atoms. The van der Waals surface area contributed by atoms with E-state index in [1.54, 1.807) is 23.1 Å². The summed E-state index contributed by atoms with van der Waals surface area (Å²) >= 11 is 0. The van der Waals surface area contributed by atoms with Gasteiger partial charge in [0.15, 0.2) is 0 Å². The molecule has 0 radical (unpaired) electrons. The van der Waals surface area contributed by atoms with Crippen LogP contribution in [0.4, 0.5) is 30.6 Å². The number of rotatable bonds is 9. The fourth-order valence-corrected chi connectivity index (χ4v) is 6.01. The van der Waals surface area contributed by atoms with Crippen LogP contribution in [-0.4, -0.2) is 83.0 Å². The predicted octanol–water partition coefficient (Wildman–Crippen LogP) is 5.05. The number of aromatic nitrogens is 2. The molecule has 2 heterocycles. The Morgan fingerprint density at radius 3 is 2.44 bits per heavy atom. The van der Waals surface area contributed by atoms with Crippen molar-refractivity contribution in [2.45, 2.75) is 89.6 Å². The van der Waals surface area contributed by atoms with Gasteiger partial charge < -0.3 is 30.5 Å². The molecule has 2 fully saturated rings. The molecule has 0 spiro atoms. The average molecular weight is 606 g/mol. The Balaban J connectivity index is 1.56. The number of nitrogens with zero attached hydrogens (tertiary/aromatic N) is 4. The Kier molecular flexibility index (Phi) is 10.4. The molecule has 13 heteroatoms. The second-order valence-electron chi connectivity index (χ2n) is 11.7. The first-order chi connectivity index (χ1) is 20.4. The molecule has 236 valence electrons. The molecule has 1 aromatic heterocycles. The number of alkyl halides is 3. The van der Waals surface area contributed by atoms with Crippen molar-refractivity contribution in [3.63, 3.8) is 0 Å². The lowest BCUT2D eigenvalue weighted by molar-refractivity contribution is -0.138. The van der Waals surface area contributed by atoms with Crippen molar-refractivity contribution >= 4 is 29.3 Å². The van der Waals surface area contributed by atoms with Crippen molar-refractivity contribution in [2.24, 2.45) is 0 Å². The first kappa shape index (κ1) is 32.3. The van der Waals surface area contributed by atoms with Gasteiger partial charge in [0.05, 0.1) is 18.8 Å². The van der Waals surface area contributed by atoms with Crippen LogP contribution in [-0.2, 0) is 11.0 Å². The summed E-state index contributed by atoms with van der Waals surface area (Å²) in [5, 5.41) is 9.03. The molecule has 1 aliphatic carbocycles. The summed E-state index contributed by atoms with van der Waals surface area (Å²) in [4.78, 5) is 37.5. The zero-order valence-corrected chi connectivity index (χ0v) is 25.4. The van der Waals surface area contributed by atoms with Gasteiger partial charge in [-0.15, -0.1) is 0 Å². The minimum absolute atomic E-state index is 0.0722. The first-order valence-electron chi connectivity index (χ1n) is 14.8. The summed E-state index contributed by atoms with van der Waals surface area (Å²) in [6.45, 7) is 7.11. The number of carbonyl (C=O) groups is 2. The highest BCUT2D eigenvalue weighted by atomic mass is 19.4. The summed E-state index contributed by atoms with van der Waals surface area (Å²) in [5.41, 5.74) is -0.197. The smallest absolute Gasteiger partial charge is 0.421 e. The van der Waals surface area contributed by atoms with E-state index in [2.05, 4.69) is 37.9 Å². The van der Waals surface area contributed by atoms with Gasteiger partial charge in [-0.2, -0.15) is 18.2 Å². The minimum Gasteiger partial charge on any atom is -0.495 e. The largest absolute Gasteiger partial charge is 0.495 e. The van der Waals surface area contributed by atoms with Crippen LogP contribution in [0.15, 0.2) is 24.4 Å². The van der Waals surface area contributed by atoms with Crippen molar-refractivity contribution < 1.29 is 27.5 Å². The second-order valence-corrected chi connectivity index (χ2v) is 11.7. The standard InChI is InChI=1S/C30H42F3N7O3/c1-18(2)40(19(3)41)25-9-7-6-8-23(25)36-27-22(30(31,32)33)17-34-29(38-27)37-24-11-10-20(16-26(24)43-5)28(42)35-21-12-14-39(4)15-13-21/h10-11,16-18,21,23,25H,6-9,12-15H2,1-5H3,(H,35,42)(H2,34,36,37,38)/t23-,25-/m1/s1. The number of nitrogens with one attached hydrogen (secondary N) is 3. The van der Waals surface area contributed by atoms with Crippen molar-refractivity contribution in [3.05, 3.63) is 35.5 Å². The molecule has 2 aliphatic rings. The van der Waals surface area contributed by atoms with E-state index in [1.165, 1.54) is 14.0 Å². The van der Waals surface area contributed by atoms with E-state index in [0.717, 1.165) is 45.0 Å². The second kappa shape index (κ2) is 13.8. The Hall–Kier alpha value is -3.61. The van der Waals surface area contributed by atoms with Crippen LogP contribution >= 0.6 is 0 Å². The van der Waals surface area contributed by atoms with Gasteiger partial charge in [0.2, 0.25) is 11.9 Å². The third kappa shape index (κ3) is 8.07. The van der Waals surface area contributed by atoms with E-state index in [-0.39, 0.29) is 41.7 Å². The van der Waals surface area contributed by atoms with Crippen LogP contribution in [0.2, 0.25) is 0 Å². The quantitative estimate of drug-likeness (QED) is 0.364. The molecule has 2 amide bonds. The van der Waals surface area contributed by atoms with Gasteiger partial charge >= 0.3 is 6.18 Å². The van der Waals surface area contributed by atoms with Crippen LogP contribution in [0.5, 0.6) is 5.75 Å². The molecule has 1 aliphatic heterocycles. The number of benzene rings is 1. The average Bonchev–Trinajstić information content (AvgIpc) is 2.94. The number of anilines is 3. The summed E-state index contributed by atoms with van der Waals surface area (Å²) in [5.74, 6) is -0.459. The number of ether oxygens (including phenoxy) is 1. The Morgan fingerprint density at radius 1 is 1.12 bits per heavy atom. The molecular weight excluding hydrogens is 563 g/mol. The molecule has 1 saturated carbocycles. The number of carbonyl (C=O) groups excluding carboxylic acids is 2. The number of piperidine rings is 1. The van der Waals surface area contributed by atoms with Crippen molar-refractivity contribution in [2.75, 3.05) is 37.9 Å². The number of hydrogen-bond donors (Lipinski definition) is 3. The molecule has 0 bridgehead atoms. The fourth-order valence-electron chi connectivity index (χ4n) is 6.01. The molecule has 2 aromatic rings. The summed E-state index contributed by atoms with van der Waals surface area (Å²) in [7, 11) is 3.49. The van der Waals surface area contributed by atoms with Crippen LogP contribution in [0.25, 0.3) is 0 Å². The Bertz CT molecular complexity index is 1280. The van der Waals surface area contributed by atoms with Gasteiger partial charge in [-0.3, -0.25) is 9.59 Å². The minimum atomic E-state index is -4.69. The molecule has 10 nitrogen and oxygen atoms in total. The van der Waals surface area contributed by atoms with E-state index in [0.29, 0.717) is 29.8 Å². The summed E-state index contributed by atoms with van der Waals surface area (Å²) < 4.78 is 47.6. The number of amides is 2. The maximum Gasteiger partial charge on any atom is 0.421 e. The third-order valence-electron chi connectivity index (χ3n) is 8.19. The number of hydrogen-bond acceptors (Lipinski definition) is 8. The van der Waals surface area contributed by atoms with E-state index >= 15 is 0 Å². The zero-order chi connectivity index (χ0) is 31.3. The third-order valence-corrected chi connectivity index (χ3v) is 8.19. The van der Waals surface area contributed by atoms with Gasteiger partial charge in [0.1, 0.15) is 17.1 Å². The lowest BCUT2D eigenvalue weighted by atomic mass is 9.88. The number of likely N-dealkylation sites (tertiary alicyclic amines) is 1. The highest BCUT2D eigenvalue weighted by molar-refractivity contribution is 5.95. The molecular formula is C30H42F3N7O3. The van der Waals surface area contributed by atoms with Gasteiger partial charge in [-0.05, 0) is 77.9 Å². The van der Waals surface area contributed by atoms with Crippen molar-refractivity contribution in [3.8, 4) is 5.75 Å². The number of halogens is 3. The van der Waals surface area contributed by atoms with E-state index in [1.807, 2.05) is 13.8 Å². The van der Waals surface area contributed by atoms with E-state index in [4.69, 9.17) is 4.74 Å². The van der Waals surface area contributed by atoms with E-state index < -0.39 is 17.8 Å². The topological polar surface area (TPSA) is 112 Å². The van der Waals surface area contributed by atoms with Crippen LogP contribution in [0.3, 0.4) is 0 Å². The van der Waals surface area contributed by atoms with Crippen LogP contribution in [0.1, 0.15) is 75.2 Å². The lowest BCUT2D eigenvalue weighted by Crippen LogP contribution is -2.53. The van der Waals surface area contributed by atoms with Crippen molar-refractivity contribution in [1.29, 1.82) is 0 Å². The van der Waals surface area contributed by atoms with Gasteiger partial charge in [0.25, 0.3) is 5.91 Å². The highest BCUT2D eigenvalue weighted by Crippen LogP contribution is 2.37. The zero-order valence-electron chi connectivity index (χ0n) is 25.4. The van der Waals surface area contributed by atoms with Gasteiger partial charge in [0, 0.05) is 36.8 Å².